The number of benzene rings is 2. The lowest BCUT2D eigenvalue weighted by atomic mass is 9.91. The van der Waals surface area contributed by atoms with Gasteiger partial charge in [0.2, 0.25) is 0 Å². The third-order valence-corrected chi connectivity index (χ3v) is 2.85. The van der Waals surface area contributed by atoms with Gasteiger partial charge in [-0.05, 0) is 30.2 Å². The van der Waals surface area contributed by atoms with E-state index in [9.17, 15) is 5.26 Å². The number of rotatable bonds is 2. The molecule has 0 aromatic heterocycles. The number of aryl methyl sites for hydroxylation is 1. The molecule has 0 amide bonds. The standard InChI is InChI=1S/C16H12N2/c1-12-4-2-6-14(8-12)16(11-18)15-7-3-5-13(9-15)10-17/h2-9,16H,1H3. The van der Waals surface area contributed by atoms with Gasteiger partial charge in [0.15, 0.2) is 0 Å². The molecule has 1 unspecified atom stereocenters. The number of nitriles is 2. The highest BCUT2D eigenvalue weighted by Gasteiger charge is 2.13. The second-order valence-corrected chi connectivity index (χ2v) is 4.21. The van der Waals surface area contributed by atoms with Crippen LogP contribution in [0.15, 0.2) is 48.5 Å². The lowest BCUT2D eigenvalue weighted by Crippen LogP contribution is -1.99. The molecule has 0 N–H and O–H groups in total. The second-order valence-electron chi connectivity index (χ2n) is 4.21. The molecule has 86 valence electrons. The van der Waals surface area contributed by atoms with E-state index in [0.717, 1.165) is 16.7 Å². The van der Waals surface area contributed by atoms with E-state index >= 15 is 0 Å². The van der Waals surface area contributed by atoms with Crippen molar-refractivity contribution in [3.63, 3.8) is 0 Å². The number of hydrogen-bond donors (Lipinski definition) is 0. The molecule has 0 heterocycles. The Morgan fingerprint density at radius 2 is 1.61 bits per heavy atom. The zero-order chi connectivity index (χ0) is 13.0. The van der Waals surface area contributed by atoms with Crippen molar-refractivity contribution in [2.45, 2.75) is 12.8 Å². The molecule has 0 aliphatic carbocycles. The first-order chi connectivity index (χ1) is 8.74. The topological polar surface area (TPSA) is 47.6 Å². The third-order valence-electron chi connectivity index (χ3n) is 2.85. The van der Waals surface area contributed by atoms with Gasteiger partial charge in [-0.25, -0.2) is 0 Å². The minimum absolute atomic E-state index is 0.321. The quantitative estimate of drug-likeness (QED) is 0.795. The van der Waals surface area contributed by atoms with Gasteiger partial charge in [-0.2, -0.15) is 10.5 Å². The lowest BCUT2D eigenvalue weighted by molar-refractivity contribution is 1.03. The van der Waals surface area contributed by atoms with Crippen molar-refractivity contribution < 1.29 is 0 Å². The zero-order valence-electron chi connectivity index (χ0n) is 10.1. The zero-order valence-corrected chi connectivity index (χ0v) is 10.1. The fraction of sp³-hybridized carbons (Fsp3) is 0.125. The first-order valence-electron chi connectivity index (χ1n) is 5.71. The van der Waals surface area contributed by atoms with Crippen LogP contribution in [0.4, 0.5) is 0 Å². The summed E-state index contributed by atoms with van der Waals surface area (Å²) in [6.07, 6.45) is 0. The summed E-state index contributed by atoms with van der Waals surface area (Å²) in [5, 5.41) is 18.3. The fourth-order valence-electron chi connectivity index (χ4n) is 1.98. The van der Waals surface area contributed by atoms with Crippen molar-refractivity contribution in [2.24, 2.45) is 0 Å². The van der Waals surface area contributed by atoms with Crippen molar-refractivity contribution >= 4 is 0 Å². The Balaban J connectivity index is 2.46. The Kier molecular flexibility index (Phi) is 3.41. The fourth-order valence-corrected chi connectivity index (χ4v) is 1.98. The smallest absolute Gasteiger partial charge is 0.0991 e. The summed E-state index contributed by atoms with van der Waals surface area (Å²) in [5.74, 6) is -0.321. The average Bonchev–Trinajstić information content (AvgIpc) is 2.40. The first kappa shape index (κ1) is 11.9. The van der Waals surface area contributed by atoms with Gasteiger partial charge in [-0.15, -0.1) is 0 Å². The molecule has 0 saturated carbocycles. The summed E-state index contributed by atoms with van der Waals surface area (Å²) in [6, 6.07) is 19.5. The molecule has 18 heavy (non-hydrogen) atoms. The van der Waals surface area contributed by atoms with Crippen LogP contribution in [-0.4, -0.2) is 0 Å². The molecule has 2 aromatic rings. The largest absolute Gasteiger partial charge is 0.197 e. The van der Waals surface area contributed by atoms with Crippen LogP contribution in [0.25, 0.3) is 0 Å². The monoisotopic (exact) mass is 232 g/mol. The maximum Gasteiger partial charge on any atom is 0.0991 e. The van der Waals surface area contributed by atoms with Crippen LogP contribution in [0.3, 0.4) is 0 Å². The van der Waals surface area contributed by atoms with Gasteiger partial charge in [0.1, 0.15) is 0 Å². The number of nitrogens with zero attached hydrogens (tertiary/aromatic N) is 2. The van der Waals surface area contributed by atoms with E-state index in [2.05, 4.69) is 12.1 Å². The molecule has 2 nitrogen and oxygen atoms in total. The summed E-state index contributed by atoms with van der Waals surface area (Å²) in [5.41, 5.74) is 3.54. The minimum Gasteiger partial charge on any atom is -0.197 e. The van der Waals surface area contributed by atoms with Crippen LogP contribution in [0, 0.1) is 29.6 Å². The molecule has 2 heteroatoms. The van der Waals surface area contributed by atoms with Gasteiger partial charge in [-0.3, -0.25) is 0 Å². The van der Waals surface area contributed by atoms with E-state index in [4.69, 9.17) is 5.26 Å². The summed E-state index contributed by atoms with van der Waals surface area (Å²) in [6.45, 7) is 2.00. The molecule has 0 radical (unpaired) electrons. The van der Waals surface area contributed by atoms with Gasteiger partial charge in [0.05, 0.1) is 23.6 Å². The number of hydrogen-bond acceptors (Lipinski definition) is 2. The van der Waals surface area contributed by atoms with Crippen molar-refractivity contribution in [3.8, 4) is 12.1 Å². The van der Waals surface area contributed by atoms with Crippen molar-refractivity contribution in [3.05, 3.63) is 70.8 Å². The van der Waals surface area contributed by atoms with Gasteiger partial charge < -0.3 is 0 Å². The second kappa shape index (κ2) is 5.17. The Morgan fingerprint density at radius 1 is 0.944 bits per heavy atom. The molecule has 2 rings (SSSR count). The van der Waals surface area contributed by atoms with Crippen LogP contribution >= 0.6 is 0 Å². The van der Waals surface area contributed by atoms with Gasteiger partial charge >= 0.3 is 0 Å². The molecule has 0 fully saturated rings. The summed E-state index contributed by atoms with van der Waals surface area (Å²) < 4.78 is 0. The first-order valence-corrected chi connectivity index (χ1v) is 5.71. The van der Waals surface area contributed by atoms with E-state index in [-0.39, 0.29) is 5.92 Å². The highest BCUT2D eigenvalue weighted by molar-refractivity contribution is 5.43. The lowest BCUT2D eigenvalue weighted by Gasteiger charge is -2.10. The molecule has 0 aliphatic heterocycles. The minimum atomic E-state index is -0.321. The van der Waals surface area contributed by atoms with Crippen LogP contribution in [0.1, 0.15) is 28.2 Å². The van der Waals surface area contributed by atoms with Gasteiger partial charge in [0.25, 0.3) is 0 Å². The highest BCUT2D eigenvalue weighted by Crippen LogP contribution is 2.25. The van der Waals surface area contributed by atoms with E-state index < -0.39 is 0 Å². The molecule has 2 aromatic carbocycles. The Morgan fingerprint density at radius 3 is 2.22 bits per heavy atom. The average molecular weight is 232 g/mol. The van der Waals surface area contributed by atoms with Crippen LogP contribution in [-0.2, 0) is 0 Å². The molecule has 0 aliphatic rings. The van der Waals surface area contributed by atoms with Crippen molar-refractivity contribution in [2.75, 3.05) is 0 Å². The Labute approximate surface area is 107 Å². The van der Waals surface area contributed by atoms with Crippen molar-refractivity contribution in [1.29, 1.82) is 10.5 Å². The molecule has 1 atom stereocenters. The van der Waals surface area contributed by atoms with E-state index in [1.54, 1.807) is 12.1 Å². The normalized spacial score (nSPS) is 11.3. The SMILES string of the molecule is Cc1cccc(C(C#N)c2cccc(C#N)c2)c1. The summed E-state index contributed by atoms with van der Waals surface area (Å²) in [4.78, 5) is 0. The molecule has 0 saturated heterocycles. The van der Waals surface area contributed by atoms with Crippen LogP contribution < -0.4 is 0 Å². The maximum atomic E-state index is 9.35. The molecule has 0 spiro atoms. The van der Waals surface area contributed by atoms with E-state index in [0.29, 0.717) is 5.56 Å². The summed E-state index contributed by atoms with van der Waals surface area (Å²) in [7, 11) is 0. The van der Waals surface area contributed by atoms with Crippen molar-refractivity contribution in [1.82, 2.24) is 0 Å². The van der Waals surface area contributed by atoms with E-state index in [1.807, 2.05) is 43.3 Å². The predicted molar refractivity (Wildman–Crippen MR) is 69.8 cm³/mol. The third kappa shape index (κ3) is 2.39. The van der Waals surface area contributed by atoms with E-state index in [1.165, 1.54) is 0 Å². The maximum absolute atomic E-state index is 9.35. The summed E-state index contributed by atoms with van der Waals surface area (Å²) >= 11 is 0. The highest BCUT2D eigenvalue weighted by atomic mass is 14.3. The Hall–Kier alpha value is -2.58. The van der Waals surface area contributed by atoms with Gasteiger partial charge in [-0.1, -0.05) is 42.0 Å². The molecular weight excluding hydrogens is 220 g/mol. The predicted octanol–water partition coefficient (Wildman–Crippen LogP) is 3.52. The Bertz CT molecular complexity index is 645. The van der Waals surface area contributed by atoms with Gasteiger partial charge in [0, 0.05) is 0 Å². The van der Waals surface area contributed by atoms with Crippen LogP contribution in [0.5, 0.6) is 0 Å². The van der Waals surface area contributed by atoms with Crippen LogP contribution in [0.2, 0.25) is 0 Å². The molecular formula is C16H12N2. The molecule has 0 bridgehead atoms.